The fourth-order valence-corrected chi connectivity index (χ4v) is 5.22. The van der Waals surface area contributed by atoms with Crippen molar-refractivity contribution in [3.63, 3.8) is 0 Å². The SMILES string of the molecule is COCc1c(C(=O)N2C3CCNCC2CC3)sc2cccc(F)c12.Cl. The number of amides is 1. The van der Waals surface area contributed by atoms with E-state index in [2.05, 4.69) is 5.32 Å². The van der Waals surface area contributed by atoms with E-state index in [1.165, 1.54) is 17.4 Å². The highest BCUT2D eigenvalue weighted by molar-refractivity contribution is 7.21. The molecule has 0 saturated carbocycles. The zero-order valence-corrected chi connectivity index (χ0v) is 15.7. The molecule has 3 heterocycles. The molecular formula is C18H22ClFN2O2S. The van der Waals surface area contributed by atoms with E-state index in [0.717, 1.165) is 37.1 Å². The van der Waals surface area contributed by atoms with E-state index in [-0.39, 0.29) is 36.8 Å². The first-order valence-electron chi connectivity index (χ1n) is 8.43. The lowest BCUT2D eigenvalue weighted by Crippen LogP contribution is -2.42. The Morgan fingerprint density at radius 2 is 2.16 bits per heavy atom. The highest BCUT2D eigenvalue weighted by Gasteiger charge is 2.39. The molecule has 2 aliphatic heterocycles. The molecule has 2 bridgehead atoms. The number of thiophene rings is 1. The van der Waals surface area contributed by atoms with Crippen LogP contribution in [0, 0.1) is 5.82 Å². The molecule has 2 fully saturated rings. The Labute approximate surface area is 156 Å². The normalized spacial score (nSPS) is 22.7. The lowest BCUT2D eigenvalue weighted by Gasteiger charge is -2.27. The largest absolute Gasteiger partial charge is 0.380 e. The van der Waals surface area contributed by atoms with Gasteiger partial charge in [-0.05, 0) is 37.9 Å². The van der Waals surface area contributed by atoms with Gasteiger partial charge in [0.25, 0.3) is 5.91 Å². The van der Waals surface area contributed by atoms with E-state index in [1.807, 2.05) is 11.0 Å². The second-order valence-corrected chi connectivity index (χ2v) is 7.60. The number of rotatable bonds is 3. The summed E-state index contributed by atoms with van der Waals surface area (Å²) in [6.45, 7) is 2.06. The van der Waals surface area contributed by atoms with Gasteiger partial charge < -0.3 is 15.0 Å². The number of hydrogen-bond acceptors (Lipinski definition) is 4. The smallest absolute Gasteiger partial charge is 0.264 e. The van der Waals surface area contributed by atoms with Crippen LogP contribution in [0.15, 0.2) is 18.2 Å². The average Bonchev–Trinajstić information content (AvgIpc) is 3.05. The number of carbonyl (C=O) groups is 1. The summed E-state index contributed by atoms with van der Waals surface area (Å²) in [6, 6.07) is 5.55. The van der Waals surface area contributed by atoms with Crippen molar-refractivity contribution in [2.75, 3.05) is 20.2 Å². The minimum Gasteiger partial charge on any atom is -0.380 e. The molecule has 7 heteroatoms. The van der Waals surface area contributed by atoms with Crippen molar-refractivity contribution in [3.05, 3.63) is 34.5 Å². The standard InChI is InChI=1S/C18H21FN2O2S.ClH/c1-23-10-13-16-14(19)3-2-4-15(16)24-17(13)18(22)21-11-5-6-12(21)9-20-8-7-11;/h2-4,11-12,20H,5-10H2,1H3;1H. The van der Waals surface area contributed by atoms with Crippen molar-refractivity contribution in [2.24, 2.45) is 0 Å². The van der Waals surface area contributed by atoms with E-state index in [4.69, 9.17) is 4.74 Å². The van der Waals surface area contributed by atoms with Crippen molar-refractivity contribution in [1.82, 2.24) is 10.2 Å². The van der Waals surface area contributed by atoms with Gasteiger partial charge in [0, 0.05) is 41.4 Å². The van der Waals surface area contributed by atoms with Gasteiger partial charge in [-0.1, -0.05) is 6.07 Å². The lowest BCUT2D eigenvalue weighted by atomic mass is 10.1. The fourth-order valence-electron chi connectivity index (χ4n) is 4.05. The quantitative estimate of drug-likeness (QED) is 0.879. The number of fused-ring (bicyclic) bond motifs is 3. The maximum Gasteiger partial charge on any atom is 0.264 e. The molecule has 2 aliphatic rings. The second kappa shape index (κ2) is 7.58. The molecule has 4 nitrogen and oxygen atoms in total. The molecular weight excluding hydrogens is 363 g/mol. The van der Waals surface area contributed by atoms with E-state index in [9.17, 15) is 9.18 Å². The topological polar surface area (TPSA) is 41.6 Å². The summed E-state index contributed by atoms with van der Waals surface area (Å²) < 4.78 is 20.4. The van der Waals surface area contributed by atoms with Crippen molar-refractivity contribution < 1.29 is 13.9 Å². The van der Waals surface area contributed by atoms with Crippen LogP contribution in [0.4, 0.5) is 4.39 Å². The van der Waals surface area contributed by atoms with Crippen molar-refractivity contribution in [2.45, 2.75) is 38.0 Å². The van der Waals surface area contributed by atoms with Crippen LogP contribution in [0.25, 0.3) is 10.1 Å². The van der Waals surface area contributed by atoms with Gasteiger partial charge in [0.05, 0.1) is 11.5 Å². The van der Waals surface area contributed by atoms with Crippen molar-refractivity contribution >= 4 is 39.7 Å². The Hall–Kier alpha value is -1.21. The summed E-state index contributed by atoms with van der Waals surface area (Å²) in [5.41, 5.74) is 0.692. The van der Waals surface area contributed by atoms with Gasteiger partial charge in [-0.2, -0.15) is 0 Å². The maximum absolute atomic E-state index is 14.3. The molecule has 0 spiro atoms. The van der Waals surface area contributed by atoms with Gasteiger partial charge in [0.1, 0.15) is 5.82 Å². The second-order valence-electron chi connectivity index (χ2n) is 6.55. The number of ether oxygens (including phenoxy) is 1. The summed E-state index contributed by atoms with van der Waals surface area (Å²) in [6.07, 6.45) is 3.10. The van der Waals surface area contributed by atoms with Gasteiger partial charge in [0.2, 0.25) is 0 Å². The first-order chi connectivity index (χ1) is 11.7. The van der Waals surface area contributed by atoms with Crippen LogP contribution >= 0.6 is 23.7 Å². The van der Waals surface area contributed by atoms with Gasteiger partial charge >= 0.3 is 0 Å². The number of benzene rings is 1. The third kappa shape index (κ3) is 3.16. The number of nitrogens with one attached hydrogen (secondary N) is 1. The van der Waals surface area contributed by atoms with Crippen molar-refractivity contribution in [1.29, 1.82) is 0 Å². The summed E-state index contributed by atoms with van der Waals surface area (Å²) >= 11 is 1.39. The van der Waals surface area contributed by atoms with E-state index in [1.54, 1.807) is 13.2 Å². The third-order valence-electron chi connectivity index (χ3n) is 5.13. The molecule has 4 rings (SSSR count). The summed E-state index contributed by atoms with van der Waals surface area (Å²) in [7, 11) is 1.58. The first-order valence-corrected chi connectivity index (χ1v) is 9.24. The Bertz CT molecular complexity index is 768. The summed E-state index contributed by atoms with van der Waals surface area (Å²) in [5.74, 6) is -0.241. The molecule has 136 valence electrons. The van der Waals surface area contributed by atoms with Crippen molar-refractivity contribution in [3.8, 4) is 0 Å². The molecule has 2 aromatic rings. The predicted octanol–water partition coefficient (Wildman–Crippen LogP) is 3.58. The van der Waals surface area contributed by atoms with Gasteiger partial charge in [-0.15, -0.1) is 23.7 Å². The Morgan fingerprint density at radius 3 is 2.96 bits per heavy atom. The molecule has 1 aromatic carbocycles. The average molecular weight is 385 g/mol. The minimum absolute atomic E-state index is 0. The number of carbonyl (C=O) groups excluding carboxylic acids is 1. The highest BCUT2D eigenvalue weighted by Crippen LogP contribution is 2.37. The molecule has 2 unspecified atom stereocenters. The number of halogens is 2. The fraction of sp³-hybridized carbons (Fsp3) is 0.500. The van der Waals surface area contributed by atoms with Gasteiger partial charge in [0.15, 0.2) is 0 Å². The van der Waals surface area contributed by atoms with Gasteiger partial charge in [-0.3, -0.25) is 4.79 Å². The monoisotopic (exact) mass is 384 g/mol. The predicted molar refractivity (Wildman–Crippen MR) is 100 cm³/mol. The molecule has 25 heavy (non-hydrogen) atoms. The third-order valence-corrected chi connectivity index (χ3v) is 6.32. The van der Waals surface area contributed by atoms with Crippen LogP contribution in [0.3, 0.4) is 0 Å². The van der Waals surface area contributed by atoms with Crippen LogP contribution in [0.5, 0.6) is 0 Å². The van der Waals surface area contributed by atoms with Gasteiger partial charge in [-0.25, -0.2) is 4.39 Å². The molecule has 1 N–H and O–H groups in total. The maximum atomic E-state index is 14.3. The number of nitrogens with zero attached hydrogens (tertiary/aromatic N) is 1. The highest BCUT2D eigenvalue weighted by atomic mass is 35.5. The summed E-state index contributed by atoms with van der Waals surface area (Å²) in [5, 5.41) is 3.95. The Kier molecular flexibility index (Phi) is 5.63. The molecule has 0 aliphatic carbocycles. The molecule has 1 aromatic heterocycles. The molecule has 2 atom stereocenters. The molecule has 0 radical (unpaired) electrons. The Balaban J connectivity index is 0.00000182. The van der Waals surface area contributed by atoms with E-state index in [0.29, 0.717) is 21.9 Å². The van der Waals surface area contributed by atoms with Crippen LogP contribution in [-0.2, 0) is 11.3 Å². The summed E-state index contributed by atoms with van der Waals surface area (Å²) in [4.78, 5) is 16.0. The Morgan fingerprint density at radius 1 is 1.36 bits per heavy atom. The zero-order chi connectivity index (χ0) is 16.7. The zero-order valence-electron chi connectivity index (χ0n) is 14.1. The molecule has 1 amide bonds. The van der Waals surface area contributed by atoms with Crippen LogP contribution in [0.1, 0.15) is 34.5 Å². The minimum atomic E-state index is -0.282. The van der Waals surface area contributed by atoms with E-state index >= 15 is 0 Å². The van der Waals surface area contributed by atoms with Crippen LogP contribution in [0.2, 0.25) is 0 Å². The first kappa shape index (κ1) is 18.6. The molecule has 2 saturated heterocycles. The van der Waals surface area contributed by atoms with Crippen LogP contribution < -0.4 is 5.32 Å². The lowest BCUT2D eigenvalue weighted by molar-refractivity contribution is 0.0681. The number of hydrogen-bond donors (Lipinski definition) is 1. The number of methoxy groups -OCH3 is 1. The van der Waals surface area contributed by atoms with Crippen LogP contribution in [-0.4, -0.2) is 43.1 Å². The van der Waals surface area contributed by atoms with E-state index < -0.39 is 0 Å².